The lowest BCUT2D eigenvalue weighted by Gasteiger charge is -2.26. The van der Waals surface area contributed by atoms with E-state index in [4.69, 9.17) is 13.9 Å². The summed E-state index contributed by atoms with van der Waals surface area (Å²) in [6.07, 6.45) is 0.918. The van der Waals surface area contributed by atoms with Gasteiger partial charge >= 0.3 is 0 Å². The molecule has 36 heavy (non-hydrogen) atoms. The van der Waals surface area contributed by atoms with Gasteiger partial charge in [0.2, 0.25) is 5.76 Å². The topological polar surface area (TPSA) is 69.0 Å². The molecule has 4 aromatic rings. The fourth-order valence-electron chi connectivity index (χ4n) is 4.49. The van der Waals surface area contributed by atoms with Gasteiger partial charge in [-0.15, -0.1) is 0 Å². The highest BCUT2D eigenvalue weighted by molar-refractivity contribution is 9.10. The van der Waals surface area contributed by atoms with E-state index in [1.54, 1.807) is 30.2 Å². The Bertz CT molecular complexity index is 1500. The monoisotopic (exact) mass is 547 g/mol. The van der Waals surface area contributed by atoms with Crippen LogP contribution in [0.4, 0.5) is 5.69 Å². The van der Waals surface area contributed by atoms with Crippen LogP contribution in [-0.4, -0.2) is 19.6 Å². The van der Waals surface area contributed by atoms with Gasteiger partial charge in [-0.05, 0) is 60.4 Å². The smallest absolute Gasteiger partial charge is 0.295 e. The van der Waals surface area contributed by atoms with Crippen molar-refractivity contribution in [3.63, 3.8) is 0 Å². The predicted octanol–water partition coefficient (Wildman–Crippen LogP) is 6.74. The second-order valence-electron chi connectivity index (χ2n) is 9.17. The standard InChI is InChI=1S/C29H26BrNO5/c1-17(2)13-14-35-23-11-9-18(15-24(23)34-3)26-25-27(32)21-16-19(30)10-12-22(21)36-28(25)29(33)31(26)20-7-5-4-6-8-20/h4-12,15-17,26H,13-14H2,1-3H3. The molecule has 1 aromatic heterocycles. The van der Waals surface area contributed by atoms with E-state index in [9.17, 15) is 9.59 Å². The number of fused-ring (bicyclic) bond motifs is 2. The molecule has 0 radical (unpaired) electrons. The Labute approximate surface area is 217 Å². The Morgan fingerprint density at radius 3 is 2.50 bits per heavy atom. The van der Waals surface area contributed by atoms with Crippen LogP contribution in [-0.2, 0) is 0 Å². The van der Waals surface area contributed by atoms with Gasteiger partial charge in [0.15, 0.2) is 16.9 Å². The SMILES string of the molecule is COc1cc(C2c3c(oc4ccc(Br)cc4c3=O)C(=O)N2c2ccccc2)ccc1OCCC(C)C. The Morgan fingerprint density at radius 2 is 1.78 bits per heavy atom. The molecule has 0 spiro atoms. The first-order valence-corrected chi connectivity index (χ1v) is 12.6. The second-order valence-corrected chi connectivity index (χ2v) is 10.1. The van der Waals surface area contributed by atoms with Gasteiger partial charge in [-0.3, -0.25) is 14.5 Å². The van der Waals surface area contributed by atoms with Crippen molar-refractivity contribution in [1.29, 1.82) is 0 Å². The summed E-state index contributed by atoms with van der Waals surface area (Å²) in [5.41, 5.74) is 1.83. The van der Waals surface area contributed by atoms with Gasteiger partial charge in [-0.1, -0.05) is 54.0 Å². The number of benzene rings is 3. The normalized spacial score (nSPS) is 15.0. The molecule has 3 aromatic carbocycles. The first kappa shape index (κ1) is 24.1. The molecule has 1 aliphatic rings. The van der Waals surface area contributed by atoms with Crippen molar-refractivity contribution in [3.05, 3.63) is 98.3 Å². The quantitative estimate of drug-likeness (QED) is 0.256. The van der Waals surface area contributed by atoms with E-state index >= 15 is 0 Å². The van der Waals surface area contributed by atoms with E-state index in [0.29, 0.717) is 46.2 Å². The maximum atomic E-state index is 13.8. The number of para-hydroxylation sites is 1. The number of hydrogen-bond acceptors (Lipinski definition) is 5. The van der Waals surface area contributed by atoms with Gasteiger partial charge in [-0.2, -0.15) is 0 Å². The molecule has 184 valence electrons. The number of halogens is 1. The summed E-state index contributed by atoms with van der Waals surface area (Å²) >= 11 is 3.44. The highest BCUT2D eigenvalue weighted by Crippen LogP contribution is 2.43. The minimum Gasteiger partial charge on any atom is -0.493 e. The van der Waals surface area contributed by atoms with Crippen LogP contribution in [0.25, 0.3) is 11.0 Å². The van der Waals surface area contributed by atoms with Crippen LogP contribution in [0.3, 0.4) is 0 Å². The van der Waals surface area contributed by atoms with E-state index in [2.05, 4.69) is 29.8 Å². The van der Waals surface area contributed by atoms with Crippen LogP contribution < -0.4 is 19.8 Å². The summed E-state index contributed by atoms with van der Waals surface area (Å²) in [5, 5.41) is 0.413. The summed E-state index contributed by atoms with van der Waals surface area (Å²) in [7, 11) is 1.58. The summed E-state index contributed by atoms with van der Waals surface area (Å²) in [5.74, 6) is 1.37. The maximum absolute atomic E-state index is 13.8. The van der Waals surface area contributed by atoms with Gasteiger partial charge in [0.1, 0.15) is 5.58 Å². The molecule has 5 rings (SSSR count). The lowest BCUT2D eigenvalue weighted by atomic mass is 9.97. The fourth-order valence-corrected chi connectivity index (χ4v) is 4.85. The van der Waals surface area contributed by atoms with Crippen LogP contribution in [0.2, 0.25) is 0 Å². The number of ether oxygens (including phenoxy) is 2. The van der Waals surface area contributed by atoms with E-state index in [1.807, 2.05) is 48.5 Å². The molecule has 1 aliphatic heterocycles. The molecule has 0 saturated carbocycles. The predicted molar refractivity (Wildman–Crippen MR) is 143 cm³/mol. The van der Waals surface area contributed by atoms with Crippen molar-refractivity contribution in [3.8, 4) is 11.5 Å². The number of amides is 1. The summed E-state index contributed by atoms with van der Waals surface area (Å²) < 4.78 is 18.4. The van der Waals surface area contributed by atoms with Gasteiger partial charge in [0.05, 0.1) is 30.7 Å². The van der Waals surface area contributed by atoms with Gasteiger partial charge in [-0.25, -0.2) is 0 Å². The molecule has 0 N–H and O–H groups in total. The van der Waals surface area contributed by atoms with Gasteiger partial charge in [0.25, 0.3) is 5.91 Å². The van der Waals surface area contributed by atoms with Crippen LogP contribution in [0.15, 0.2) is 80.4 Å². The van der Waals surface area contributed by atoms with Crippen molar-refractivity contribution < 1.29 is 18.7 Å². The third-order valence-corrected chi connectivity index (χ3v) is 6.82. The van der Waals surface area contributed by atoms with Crippen molar-refractivity contribution in [2.24, 2.45) is 5.92 Å². The molecule has 0 aliphatic carbocycles. The Hall–Kier alpha value is -3.58. The molecule has 0 fully saturated rings. The molecular formula is C29H26BrNO5. The Balaban J connectivity index is 1.68. The highest BCUT2D eigenvalue weighted by Gasteiger charge is 2.43. The minimum absolute atomic E-state index is 0.0555. The van der Waals surface area contributed by atoms with Crippen LogP contribution in [0, 0.1) is 5.92 Å². The van der Waals surface area contributed by atoms with Crippen LogP contribution in [0.1, 0.15) is 48.0 Å². The van der Waals surface area contributed by atoms with Crippen molar-refractivity contribution in [2.75, 3.05) is 18.6 Å². The largest absolute Gasteiger partial charge is 0.493 e. The van der Waals surface area contributed by atoms with Crippen LogP contribution in [0.5, 0.6) is 11.5 Å². The van der Waals surface area contributed by atoms with Crippen molar-refractivity contribution >= 4 is 38.5 Å². The molecule has 6 nitrogen and oxygen atoms in total. The molecular weight excluding hydrogens is 522 g/mol. The van der Waals surface area contributed by atoms with E-state index in [0.717, 1.165) is 16.5 Å². The Morgan fingerprint density at radius 1 is 1.00 bits per heavy atom. The third-order valence-electron chi connectivity index (χ3n) is 6.32. The average molecular weight is 548 g/mol. The second kappa shape index (κ2) is 9.82. The number of hydrogen-bond donors (Lipinski definition) is 0. The lowest BCUT2D eigenvalue weighted by Crippen LogP contribution is -2.29. The zero-order valence-corrected chi connectivity index (χ0v) is 21.9. The molecule has 1 atom stereocenters. The molecule has 0 bridgehead atoms. The number of anilines is 1. The molecule has 1 amide bonds. The first-order valence-electron chi connectivity index (χ1n) is 11.8. The number of methoxy groups -OCH3 is 1. The number of carbonyl (C=O) groups is 1. The average Bonchev–Trinajstić information content (AvgIpc) is 3.17. The molecule has 0 saturated heterocycles. The molecule has 2 heterocycles. The zero-order valence-electron chi connectivity index (χ0n) is 20.3. The minimum atomic E-state index is -0.687. The van der Waals surface area contributed by atoms with Crippen molar-refractivity contribution in [1.82, 2.24) is 0 Å². The van der Waals surface area contributed by atoms with E-state index in [-0.39, 0.29) is 17.1 Å². The number of rotatable bonds is 7. The lowest BCUT2D eigenvalue weighted by molar-refractivity contribution is 0.0971. The third kappa shape index (κ3) is 4.28. The highest BCUT2D eigenvalue weighted by atomic mass is 79.9. The molecule has 1 unspecified atom stereocenters. The molecule has 7 heteroatoms. The number of carbonyl (C=O) groups excluding carboxylic acids is 1. The van der Waals surface area contributed by atoms with Gasteiger partial charge < -0.3 is 13.9 Å². The van der Waals surface area contributed by atoms with E-state index < -0.39 is 6.04 Å². The zero-order chi connectivity index (χ0) is 25.4. The fraction of sp³-hybridized carbons (Fsp3) is 0.241. The van der Waals surface area contributed by atoms with Gasteiger partial charge in [0, 0.05) is 10.2 Å². The van der Waals surface area contributed by atoms with E-state index in [1.165, 1.54) is 0 Å². The summed E-state index contributed by atoms with van der Waals surface area (Å²) in [6, 6.07) is 19.3. The first-order chi connectivity index (χ1) is 17.4. The Kier molecular flexibility index (Phi) is 6.58. The van der Waals surface area contributed by atoms with Crippen molar-refractivity contribution in [2.45, 2.75) is 26.3 Å². The van der Waals surface area contributed by atoms with Crippen LogP contribution >= 0.6 is 15.9 Å². The summed E-state index contributed by atoms with van der Waals surface area (Å²) in [6.45, 7) is 4.85. The summed E-state index contributed by atoms with van der Waals surface area (Å²) in [4.78, 5) is 29.1. The maximum Gasteiger partial charge on any atom is 0.295 e. The number of nitrogens with zero attached hydrogens (tertiary/aromatic N) is 1.